The maximum atomic E-state index is 14.3. The number of alkyl carbamates (subject to hydrolysis) is 1. The Morgan fingerprint density at radius 2 is 1.83 bits per heavy atom. The Hall–Kier alpha value is -5.41. The predicted molar refractivity (Wildman–Crippen MR) is 193 cm³/mol. The van der Waals surface area contributed by atoms with E-state index in [0.29, 0.717) is 28.1 Å². The lowest BCUT2D eigenvalue weighted by molar-refractivity contribution is -0.145. The van der Waals surface area contributed by atoms with Gasteiger partial charge in [0.2, 0.25) is 11.8 Å². The third-order valence-electron chi connectivity index (χ3n) is 9.75. The molecule has 14 nitrogen and oxygen atoms in total. The number of halogens is 1. The Morgan fingerprint density at radius 3 is 2.55 bits per heavy atom. The van der Waals surface area contributed by atoms with E-state index in [2.05, 4.69) is 37.2 Å². The van der Waals surface area contributed by atoms with Crippen LogP contribution in [0.4, 0.5) is 10.5 Å². The monoisotopic (exact) mass is 787 g/mol. The number of hydrogen-bond donors (Lipinski definition) is 5. The lowest BCUT2D eigenvalue weighted by atomic mass is 9.72. The lowest BCUT2D eigenvalue weighted by Gasteiger charge is -2.29. The average molecular weight is 789 g/mol. The number of rotatable bonds is 8. The Morgan fingerprint density at radius 1 is 1.06 bits per heavy atom. The maximum Gasteiger partial charge on any atom is 0.408 e. The number of benzene rings is 3. The Bertz CT molecular complexity index is 2090. The first kappa shape index (κ1) is 36.0. The van der Waals surface area contributed by atoms with E-state index in [1.54, 1.807) is 12.1 Å². The molecule has 7 rings (SSSR count). The third kappa shape index (κ3) is 6.37. The minimum absolute atomic E-state index is 0.00678. The molecule has 0 saturated carbocycles. The van der Waals surface area contributed by atoms with Crippen molar-refractivity contribution >= 4 is 45.5 Å². The molecule has 5 N–H and O–H groups in total. The second-order valence-corrected chi connectivity index (χ2v) is 14.4. The molecule has 4 heterocycles. The number of amides is 3. The van der Waals surface area contributed by atoms with Gasteiger partial charge in [0.25, 0.3) is 5.91 Å². The highest BCUT2D eigenvalue weighted by Crippen LogP contribution is 2.59. The molecule has 6 atom stereocenters. The molecule has 0 fully saturated rings. The van der Waals surface area contributed by atoms with Crippen molar-refractivity contribution in [2.24, 2.45) is 5.92 Å². The Labute approximate surface area is 313 Å². The molecule has 4 aromatic rings. The second-order valence-electron chi connectivity index (χ2n) is 13.6. The van der Waals surface area contributed by atoms with E-state index in [4.69, 9.17) is 23.6 Å². The highest BCUT2D eigenvalue weighted by Gasteiger charge is 2.61. The first-order chi connectivity index (χ1) is 25.4. The van der Waals surface area contributed by atoms with Crippen LogP contribution < -0.4 is 26.0 Å². The number of anilines is 1. The van der Waals surface area contributed by atoms with Crippen molar-refractivity contribution in [3.8, 4) is 5.75 Å². The number of aliphatic hydroxyl groups excluding tert-OH is 1. The number of carbonyl (C=O) groups excluding carboxylic acids is 4. The fraction of sp³-hybridized carbons (Fsp3) is 0.342. The van der Waals surface area contributed by atoms with Crippen LogP contribution in [-0.4, -0.2) is 65.5 Å². The van der Waals surface area contributed by atoms with Crippen molar-refractivity contribution in [3.05, 3.63) is 111 Å². The van der Waals surface area contributed by atoms with Crippen LogP contribution in [-0.2, 0) is 37.5 Å². The van der Waals surface area contributed by atoms with Crippen molar-refractivity contribution in [1.82, 2.24) is 20.9 Å². The fourth-order valence-electron chi connectivity index (χ4n) is 7.11. The van der Waals surface area contributed by atoms with Gasteiger partial charge in [0.1, 0.15) is 29.9 Å². The number of nitrogens with zero attached hydrogens (tertiary/aromatic N) is 1. The normalized spacial score (nSPS) is 22.0. The highest BCUT2D eigenvalue weighted by molar-refractivity contribution is 9.10. The van der Waals surface area contributed by atoms with Crippen molar-refractivity contribution in [3.63, 3.8) is 0 Å². The van der Waals surface area contributed by atoms with Crippen LogP contribution in [0.3, 0.4) is 0 Å². The van der Waals surface area contributed by atoms with Crippen LogP contribution in [0.5, 0.6) is 5.75 Å². The summed E-state index contributed by atoms with van der Waals surface area (Å²) >= 11 is 3.65. The summed E-state index contributed by atoms with van der Waals surface area (Å²) in [6, 6.07) is 16.9. The maximum absolute atomic E-state index is 14.3. The standard InChI is InChI=1S/C38H38BrN5O9/c1-18(2)27-34-43-30(33(47)42-28(19(3)45)35(48)50-4)31(53-34)38-22-11-8-12-24(39)29(22)44-36(38)52-26-14-13-21(15-23(26)38)16-25(32(46)41-27)40-37(49)51-17-20-9-6-5-7-10-20/h5-15,18-19,25,27-28,36,44-45H,16-17H2,1-4H3,(H,40,49)(H,41,46)(H,42,47)/t19-,25+,27+,28+,36?,38+/m1/s1. The molecule has 53 heavy (non-hydrogen) atoms. The summed E-state index contributed by atoms with van der Waals surface area (Å²) in [6.45, 7) is 5.06. The topological polar surface area (TPSA) is 190 Å². The largest absolute Gasteiger partial charge is 0.469 e. The van der Waals surface area contributed by atoms with Crippen molar-refractivity contribution < 1.29 is 42.9 Å². The summed E-state index contributed by atoms with van der Waals surface area (Å²) in [7, 11) is 1.15. The first-order valence-electron chi connectivity index (χ1n) is 17.1. The number of nitrogens with one attached hydrogen (secondary N) is 4. The molecular formula is C38H38BrN5O9. The fourth-order valence-corrected chi connectivity index (χ4v) is 7.59. The molecule has 0 saturated heterocycles. The SMILES string of the molecule is COC(=O)[C@@H](NC(=O)c1nc2oc1[C@]13c4cc(ccc4OC1Nc1c(Br)cccc13)C[C@H](NC(=O)OCc1ccccc1)C(=O)N[C@H]2C(C)C)[C@@H](C)O. The first-order valence-corrected chi connectivity index (χ1v) is 17.9. The highest BCUT2D eigenvalue weighted by atomic mass is 79.9. The van der Waals surface area contributed by atoms with Crippen molar-refractivity contribution in [1.29, 1.82) is 0 Å². The van der Waals surface area contributed by atoms with Gasteiger partial charge in [-0.2, -0.15) is 0 Å². The molecule has 3 aliphatic heterocycles. The third-order valence-corrected chi connectivity index (χ3v) is 10.4. The Balaban J connectivity index is 1.38. The lowest BCUT2D eigenvalue weighted by Crippen LogP contribution is -2.49. The van der Waals surface area contributed by atoms with Gasteiger partial charge in [-0.1, -0.05) is 68.4 Å². The number of methoxy groups -OCH3 is 1. The molecule has 3 amide bonds. The van der Waals surface area contributed by atoms with Gasteiger partial charge in [-0.15, -0.1) is 0 Å². The van der Waals surface area contributed by atoms with Gasteiger partial charge in [0, 0.05) is 22.0 Å². The van der Waals surface area contributed by atoms with E-state index >= 15 is 0 Å². The van der Waals surface area contributed by atoms with E-state index in [1.165, 1.54) is 6.92 Å². The van der Waals surface area contributed by atoms with Crippen molar-refractivity contribution in [2.45, 2.75) is 69.7 Å². The molecule has 1 spiro atoms. The van der Waals surface area contributed by atoms with Crippen LogP contribution in [0.15, 0.2) is 75.6 Å². The van der Waals surface area contributed by atoms with E-state index in [1.807, 2.05) is 68.4 Å². The minimum Gasteiger partial charge on any atom is -0.469 e. The molecule has 276 valence electrons. The quantitative estimate of drug-likeness (QED) is 0.161. The number of hydrogen-bond acceptors (Lipinski definition) is 11. The number of esters is 1. The zero-order chi connectivity index (χ0) is 37.6. The molecule has 3 aromatic carbocycles. The number of ether oxygens (including phenoxy) is 3. The van der Waals surface area contributed by atoms with Crippen LogP contribution in [0.2, 0.25) is 0 Å². The summed E-state index contributed by atoms with van der Waals surface area (Å²) in [5.41, 5.74) is 2.00. The second kappa shape index (κ2) is 14.2. The molecule has 1 aromatic heterocycles. The van der Waals surface area contributed by atoms with E-state index in [9.17, 15) is 24.3 Å². The predicted octanol–water partition coefficient (Wildman–Crippen LogP) is 4.23. The molecular weight excluding hydrogens is 750 g/mol. The van der Waals surface area contributed by atoms with E-state index in [-0.39, 0.29) is 36.3 Å². The molecule has 3 aliphatic rings. The number of aromatic nitrogens is 1. The average Bonchev–Trinajstić information content (AvgIpc) is 3.81. The number of fused-ring (bicyclic) bond motifs is 4. The van der Waals surface area contributed by atoms with Crippen molar-refractivity contribution in [2.75, 3.05) is 12.4 Å². The van der Waals surface area contributed by atoms with Gasteiger partial charge in [0.05, 0.1) is 18.9 Å². The number of oxazole rings is 1. The zero-order valence-corrected chi connectivity index (χ0v) is 30.9. The van der Waals surface area contributed by atoms with Gasteiger partial charge >= 0.3 is 12.1 Å². The Kier molecular flexibility index (Phi) is 9.63. The van der Waals surface area contributed by atoms with Gasteiger partial charge in [-0.25, -0.2) is 14.6 Å². The number of para-hydroxylation sites is 1. The molecule has 15 heteroatoms. The van der Waals surface area contributed by atoms with Gasteiger partial charge in [0.15, 0.2) is 23.7 Å². The molecule has 0 aliphatic carbocycles. The van der Waals surface area contributed by atoms with E-state index < -0.39 is 59.7 Å². The summed E-state index contributed by atoms with van der Waals surface area (Å²) in [6.07, 6.45) is -2.83. The molecule has 0 radical (unpaired) electrons. The smallest absolute Gasteiger partial charge is 0.408 e. The van der Waals surface area contributed by atoms with Crippen LogP contribution in [0, 0.1) is 5.92 Å². The van der Waals surface area contributed by atoms with Crippen LogP contribution in [0.1, 0.15) is 71.2 Å². The van der Waals surface area contributed by atoms with Gasteiger partial charge in [-0.3, -0.25) is 9.59 Å². The summed E-state index contributed by atoms with van der Waals surface area (Å²) in [5, 5.41) is 22.2. The van der Waals surface area contributed by atoms with Crippen LogP contribution in [0.25, 0.3) is 0 Å². The molecule has 4 bridgehead atoms. The van der Waals surface area contributed by atoms with Crippen LogP contribution >= 0.6 is 15.9 Å². The number of carbonyl (C=O) groups is 4. The minimum atomic E-state index is -1.42. The van der Waals surface area contributed by atoms with Gasteiger partial charge < -0.3 is 45.0 Å². The summed E-state index contributed by atoms with van der Waals surface area (Å²) in [5.74, 6) is -1.93. The van der Waals surface area contributed by atoms with Gasteiger partial charge in [-0.05, 0) is 52.0 Å². The van der Waals surface area contributed by atoms with E-state index in [0.717, 1.165) is 17.1 Å². The summed E-state index contributed by atoms with van der Waals surface area (Å²) in [4.78, 5) is 58.9. The zero-order valence-electron chi connectivity index (χ0n) is 29.3. The number of aliphatic hydroxyl groups is 1. The molecule has 1 unspecified atom stereocenters. The summed E-state index contributed by atoms with van der Waals surface area (Å²) < 4.78 is 24.3.